The van der Waals surface area contributed by atoms with Crippen molar-refractivity contribution in [2.75, 3.05) is 9.80 Å². The van der Waals surface area contributed by atoms with Crippen molar-refractivity contribution in [3.63, 3.8) is 0 Å². The van der Waals surface area contributed by atoms with Crippen molar-refractivity contribution in [1.82, 2.24) is 0 Å². The molecule has 4 aliphatic heterocycles. The molecule has 4 aliphatic rings. The van der Waals surface area contributed by atoms with E-state index in [4.69, 9.17) is 8.83 Å². The third kappa shape index (κ3) is 6.27. The predicted octanol–water partition coefficient (Wildman–Crippen LogP) is 13.5. The fourth-order valence-corrected chi connectivity index (χ4v) is 18.2. The summed E-state index contributed by atoms with van der Waals surface area (Å²) in [6.07, 6.45) is 0. The third-order valence-electron chi connectivity index (χ3n) is 17.1. The first-order valence-corrected chi connectivity index (χ1v) is 29.9. The molecule has 0 aliphatic carbocycles. The van der Waals surface area contributed by atoms with Crippen molar-refractivity contribution in [2.24, 2.45) is 0 Å². The van der Waals surface area contributed by atoms with Gasteiger partial charge in [0.1, 0.15) is 0 Å². The Morgan fingerprint density at radius 2 is 0.963 bits per heavy atom. The summed E-state index contributed by atoms with van der Waals surface area (Å²) in [6, 6.07) is 94.1. The van der Waals surface area contributed by atoms with Crippen LogP contribution in [0.25, 0.3) is 77.3 Å². The van der Waals surface area contributed by atoms with Crippen LogP contribution in [0.4, 0.5) is 34.1 Å². The number of para-hydroxylation sites is 5. The number of benzene rings is 12. The van der Waals surface area contributed by atoms with Gasteiger partial charge in [0.05, 0.1) is 0 Å². The van der Waals surface area contributed by atoms with E-state index in [1.165, 1.54) is 107 Å². The molecule has 0 radical (unpaired) electrons. The van der Waals surface area contributed by atoms with Gasteiger partial charge in [0.2, 0.25) is 0 Å². The van der Waals surface area contributed by atoms with Crippen LogP contribution < -0.4 is 51.5 Å². The van der Waals surface area contributed by atoms with Gasteiger partial charge in [-0.25, -0.2) is 0 Å². The van der Waals surface area contributed by atoms with E-state index in [-0.39, 0.29) is 28.4 Å². The number of furan rings is 2. The van der Waals surface area contributed by atoms with Gasteiger partial charge in [-0.05, 0) is 0 Å². The second-order valence-electron chi connectivity index (χ2n) is 21.3. The maximum atomic E-state index is 7.43. The predicted molar refractivity (Wildman–Crippen MR) is 338 cm³/mol. The fourth-order valence-electron chi connectivity index (χ4n) is 13.9. The zero-order valence-electron chi connectivity index (χ0n) is 42.9. The summed E-state index contributed by atoms with van der Waals surface area (Å²) < 4.78 is 17.2. The zero-order chi connectivity index (χ0) is 52.2. The number of anilines is 6. The zero-order valence-corrected chi connectivity index (χ0v) is 45.5. The Kier molecular flexibility index (Phi) is 9.61. The van der Waals surface area contributed by atoms with Gasteiger partial charge in [-0.3, -0.25) is 0 Å². The van der Waals surface area contributed by atoms with Crippen LogP contribution in [0.5, 0.6) is 0 Å². The molecule has 80 heavy (non-hydrogen) atoms. The SMILES string of the molecule is c1ccc(-c2cccc(-c3ccccc3)c2-c2c3c4c(c5c2oc2ccccc25)Sc2ccccc2B4c2cc4c(cc2[Se]3)N(c2ccccc2)c2c3c(cc5oc6ccccc6c25)N(c2ccccc2)c2ccccc2B43)cc1. The van der Waals surface area contributed by atoms with Gasteiger partial charge in [-0.2, -0.15) is 0 Å². The molecule has 18 rings (SSSR count). The summed E-state index contributed by atoms with van der Waals surface area (Å²) in [6.45, 7) is -0.154. The van der Waals surface area contributed by atoms with Gasteiger partial charge in [-0.1, -0.05) is 0 Å². The molecular weight excluding hydrogens is 1060 g/mol. The van der Waals surface area contributed by atoms with Crippen molar-refractivity contribution in [1.29, 1.82) is 0 Å². The van der Waals surface area contributed by atoms with Crippen molar-refractivity contribution < 1.29 is 8.83 Å². The van der Waals surface area contributed by atoms with Gasteiger partial charge >= 0.3 is 476 Å². The molecule has 0 amide bonds. The molecule has 0 N–H and O–H groups in total. The van der Waals surface area contributed by atoms with Gasteiger partial charge in [0.25, 0.3) is 0 Å². The Labute approximate surface area is 473 Å². The Bertz CT molecular complexity index is 4870. The summed E-state index contributed by atoms with van der Waals surface area (Å²) in [5.41, 5.74) is 25.7. The van der Waals surface area contributed by atoms with Crippen LogP contribution in [0.3, 0.4) is 0 Å². The average Bonchev–Trinajstić information content (AvgIpc) is 4.02. The summed E-state index contributed by atoms with van der Waals surface area (Å²) in [4.78, 5) is 7.67. The molecule has 0 atom stereocenters. The molecule has 0 fully saturated rings. The van der Waals surface area contributed by atoms with E-state index in [1.54, 1.807) is 0 Å². The summed E-state index contributed by atoms with van der Waals surface area (Å²) >= 11 is 1.72. The first-order valence-electron chi connectivity index (χ1n) is 27.4. The van der Waals surface area contributed by atoms with Crippen molar-refractivity contribution in [3.8, 4) is 33.4 Å². The monoisotopic (exact) mass is 1100 g/mol. The van der Waals surface area contributed by atoms with E-state index in [1.807, 2.05) is 11.8 Å². The molecule has 0 saturated carbocycles. The summed E-state index contributed by atoms with van der Waals surface area (Å²) in [5.74, 6) is 0. The normalized spacial score (nSPS) is 13.6. The van der Waals surface area contributed by atoms with Crippen LogP contribution in [0.1, 0.15) is 0 Å². The number of hydrogen-bond acceptors (Lipinski definition) is 5. The van der Waals surface area contributed by atoms with Crippen LogP contribution in [0.15, 0.2) is 273 Å². The van der Waals surface area contributed by atoms with Gasteiger partial charge < -0.3 is 0 Å². The molecule has 8 heteroatoms. The van der Waals surface area contributed by atoms with E-state index < -0.39 is 0 Å². The standard InChI is InChI=1S/C72H42B2N2O2SSe/c1-5-22-43(23-6-1)47-32-21-33-48(44-24-7-2-8-25-44)63(47)66-70-65(50-31-14-19-38-59(50)78-70)71-68-72(66)80-62-42-56-53(40-54(62)74(68)52-35-16-20-39-61(52)79-71)73-51-34-15-17-36-55(51)75(45-26-9-3-10-27-45)57-41-60-64(49-30-13-18-37-58(49)77-60)69(67(57)73)76(56)46-28-11-4-12-29-46/h1-42H. The first kappa shape index (κ1) is 44.8. The molecule has 0 unspecified atom stereocenters. The molecular formula is C72H42B2N2O2SSe. The number of rotatable bonds is 5. The number of nitrogens with zero attached hydrogens (tertiary/aromatic N) is 2. The van der Waals surface area contributed by atoms with E-state index in [9.17, 15) is 0 Å². The van der Waals surface area contributed by atoms with Crippen LogP contribution in [-0.2, 0) is 0 Å². The molecule has 2 aromatic heterocycles. The minimum absolute atomic E-state index is 0.0553. The quantitative estimate of drug-likeness (QED) is 0.160. The summed E-state index contributed by atoms with van der Waals surface area (Å²) in [7, 11) is 0. The third-order valence-corrected chi connectivity index (χ3v) is 20.9. The Hall–Kier alpha value is -9.16. The molecule has 4 nitrogen and oxygen atoms in total. The average molecular weight is 1100 g/mol. The minimum atomic E-state index is -0.214. The van der Waals surface area contributed by atoms with Gasteiger partial charge in [-0.15, -0.1) is 0 Å². The topological polar surface area (TPSA) is 32.8 Å². The Balaban J connectivity index is 0.991. The number of fused-ring (bicyclic) bond motifs is 16. The molecule has 14 aromatic rings. The molecule has 0 spiro atoms. The number of hydrogen-bond donors (Lipinski definition) is 0. The molecule has 6 heterocycles. The van der Waals surface area contributed by atoms with E-state index in [0.717, 1.165) is 55.6 Å². The first-order chi connectivity index (χ1) is 39.7. The van der Waals surface area contributed by atoms with Gasteiger partial charge in [0.15, 0.2) is 0 Å². The Morgan fingerprint density at radius 1 is 0.388 bits per heavy atom. The molecule has 370 valence electrons. The van der Waals surface area contributed by atoms with Crippen molar-refractivity contribution in [2.45, 2.75) is 9.79 Å². The summed E-state index contributed by atoms with van der Waals surface area (Å²) in [5, 5.41) is 4.59. The van der Waals surface area contributed by atoms with Crippen LogP contribution >= 0.6 is 11.8 Å². The second kappa shape index (κ2) is 17.2. The maximum absolute atomic E-state index is 7.43. The second-order valence-corrected chi connectivity index (χ2v) is 24.6. The van der Waals surface area contributed by atoms with Crippen LogP contribution in [-0.4, -0.2) is 28.4 Å². The van der Waals surface area contributed by atoms with Crippen LogP contribution in [0, 0.1) is 0 Å². The van der Waals surface area contributed by atoms with Crippen molar-refractivity contribution >= 4 is 160 Å². The van der Waals surface area contributed by atoms with E-state index >= 15 is 0 Å². The van der Waals surface area contributed by atoms with E-state index in [2.05, 4.69) is 265 Å². The molecule has 0 bridgehead atoms. The van der Waals surface area contributed by atoms with Crippen LogP contribution in [0.2, 0.25) is 0 Å². The molecule has 12 aromatic carbocycles. The molecule has 0 saturated heterocycles. The fraction of sp³-hybridized carbons (Fsp3) is 0. The Morgan fingerprint density at radius 3 is 1.68 bits per heavy atom. The van der Waals surface area contributed by atoms with Crippen molar-refractivity contribution in [3.05, 3.63) is 255 Å². The van der Waals surface area contributed by atoms with E-state index in [0.29, 0.717) is 0 Å². The van der Waals surface area contributed by atoms with Gasteiger partial charge in [0, 0.05) is 0 Å².